The molecule has 1 N–H and O–H groups in total. The summed E-state index contributed by atoms with van der Waals surface area (Å²) in [5.41, 5.74) is 0. The van der Waals surface area contributed by atoms with Crippen LogP contribution >= 0.6 is 0 Å². The Hall–Kier alpha value is -2.83. The SMILES string of the molecule is C[N+](C)(CCCNS(=O)(=O)c1ccc(OC(F)(F)C(F)(F)C(F)(F)C(F)(F)C(F)(F)C(F)(F)C(F)(F)C(F)(F)F)cc1)CC(=O)[O-]. The van der Waals surface area contributed by atoms with Crippen molar-refractivity contribution in [3.8, 4) is 5.75 Å². The Bertz CT molecular complexity index is 1350. The lowest BCUT2D eigenvalue weighted by Gasteiger charge is -2.42. The Kier molecular flexibility index (Phi) is 11.0. The number of likely N-dealkylation sites (N-methyl/N-ethyl adjacent to an activating group) is 1. The normalized spacial score (nSPS) is 15.2. The molecule has 7 nitrogen and oxygen atoms in total. The van der Waals surface area contributed by atoms with E-state index in [0.29, 0.717) is 0 Å². The van der Waals surface area contributed by atoms with Crippen molar-refractivity contribution in [3.63, 3.8) is 0 Å². The zero-order valence-electron chi connectivity index (χ0n) is 22.5. The molecule has 0 radical (unpaired) electrons. The summed E-state index contributed by atoms with van der Waals surface area (Å²) < 4.78 is 256. The second-order valence-electron chi connectivity index (χ2n) is 9.98. The van der Waals surface area contributed by atoms with Gasteiger partial charge in [0.25, 0.3) is 0 Å². The molecule has 1 aromatic carbocycles. The topological polar surface area (TPSA) is 95.5 Å². The van der Waals surface area contributed by atoms with Crippen molar-refractivity contribution in [2.45, 2.75) is 59.1 Å². The monoisotopic (exact) mass is 734 g/mol. The number of aliphatic carboxylic acids is 1. The highest BCUT2D eigenvalue weighted by Crippen LogP contribution is 2.64. The quantitative estimate of drug-likeness (QED) is 0.153. The van der Waals surface area contributed by atoms with E-state index in [2.05, 4.69) is 4.74 Å². The molecule has 0 atom stereocenters. The molecule has 25 heteroatoms. The van der Waals surface area contributed by atoms with Crippen molar-refractivity contribution in [3.05, 3.63) is 24.3 Å². The van der Waals surface area contributed by atoms with E-state index in [-0.39, 0.29) is 48.3 Å². The number of hydrogen-bond donors (Lipinski definition) is 1. The van der Waals surface area contributed by atoms with Gasteiger partial charge in [-0.15, -0.1) is 0 Å². The first kappa shape index (κ1) is 41.2. The molecule has 0 aliphatic heterocycles. The molecular weight excluding hydrogens is 715 g/mol. The number of sulfonamides is 1. The van der Waals surface area contributed by atoms with Gasteiger partial charge in [0.05, 0.1) is 31.5 Å². The van der Waals surface area contributed by atoms with E-state index in [1.54, 1.807) is 0 Å². The maximum atomic E-state index is 14.0. The number of nitrogens with one attached hydrogen (secondary N) is 1. The second kappa shape index (κ2) is 12.3. The molecule has 0 aliphatic carbocycles. The zero-order valence-corrected chi connectivity index (χ0v) is 23.3. The first-order valence-electron chi connectivity index (χ1n) is 11.6. The Morgan fingerprint density at radius 1 is 0.717 bits per heavy atom. The molecule has 0 saturated carbocycles. The number of rotatable bonds is 16. The van der Waals surface area contributed by atoms with Crippen LogP contribution in [0.3, 0.4) is 0 Å². The average Bonchev–Trinajstić information content (AvgIpc) is 2.84. The minimum Gasteiger partial charge on any atom is -0.544 e. The molecule has 0 spiro atoms. The lowest BCUT2D eigenvalue weighted by atomic mass is 9.90. The number of hydrogen-bond acceptors (Lipinski definition) is 5. The van der Waals surface area contributed by atoms with Gasteiger partial charge in [0.15, 0.2) is 0 Å². The highest BCUT2D eigenvalue weighted by atomic mass is 32.2. The van der Waals surface area contributed by atoms with Crippen LogP contribution in [0.4, 0.5) is 74.6 Å². The highest BCUT2D eigenvalue weighted by Gasteiger charge is 2.95. The van der Waals surface area contributed by atoms with Gasteiger partial charge in [0, 0.05) is 13.0 Å². The number of benzene rings is 1. The van der Waals surface area contributed by atoms with Crippen molar-refractivity contribution < 1.29 is 102 Å². The number of halogens is 17. The third-order valence-corrected chi connectivity index (χ3v) is 7.34. The van der Waals surface area contributed by atoms with Crippen molar-refractivity contribution in [2.75, 3.05) is 33.7 Å². The molecule has 0 heterocycles. The van der Waals surface area contributed by atoms with Crippen molar-refractivity contribution in [1.82, 2.24) is 4.72 Å². The number of quaternary nitrogens is 1. The maximum Gasteiger partial charge on any atom is 0.471 e. The standard InChI is InChI=1S/C21H19F17N2O5S/c1-40(2,10-13(41)42)9-3-8-39-46(43,44)12-6-4-11(5-7-12)45-21(37,38)19(32,33)17(28,29)15(24,25)14(22,23)16(26,27)18(30,31)20(34,35)36/h4-7,39H,3,8-10H2,1-2H3. The minimum absolute atomic E-state index is 0.0126. The van der Waals surface area contributed by atoms with Gasteiger partial charge >= 0.3 is 47.8 Å². The van der Waals surface area contributed by atoms with Gasteiger partial charge in [0.1, 0.15) is 12.3 Å². The van der Waals surface area contributed by atoms with Gasteiger partial charge < -0.3 is 19.1 Å². The van der Waals surface area contributed by atoms with E-state index in [1.807, 2.05) is 4.72 Å². The fraction of sp³-hybridized carbons (Fsp3) is 0.667. The average molecular weight is 734 g/mol. The lowest BCUT2D eigenvalue weighted by Crippen LogP contribution is -2.74. The van der Waals surface area contributed by atoms with Gasteiger partial charge in [-0.2, -0.15) is 74.6 Å². The molecule has 0 saturated heterocycles. The van der Waals surface area contributed by atoms with E-state index in [9.17, 15) is 93.0 Å². The summed E-state index contributed by atoms with van der Waals surface area (Å²) in [6, 6.07) is 0.480. The zero-order chi connectivity index (χ0) is 36.8. The van der Waals surface area contributed by atoms with Crippen LogP contribution in [0.5, 0.6) is 5.75 Å². The number of nitrogens with zero attached hydrogens (tertiary/aromatic N) is 1. The van der Waals surface area contributed by atoms with E-state index < -0.39 is 81.0 Å². The number of alkyl halides is 17. The minimum atomic E-state index is -8.78. The Morgan fingerprint density at radius 2 is 1.11 bits per heavy atom. The van der Waals surface area contributed by atoms with E-state index in [0.717, 1.165) is 0 Å². The molecular formula is C21H19F17N2O5S. The number of carboxylic acids is 1. The molecule has 1 rings (SSSR count). The number of carbonyl (C=O) groups excluding carboxylic acids is 1. The molecule has 268 valence electrons. The molecule has 0 aliphatic rings. The summed E-state index contributed by atoms with van der Waals surface area (Å²) in [5.74, 6) is -54.3. The summed E-state index contributed by atoms with van der Waals surface area (Å²) in [6.07, 6.45) is -15.0. The molecule has 46 heavy (non-hydrogen) atoms. The first-order valence-corrected chi connectivity index (χ1v) is 13.1. The predicted octanol–water partition coefficient (Wildman–Crippen LogP) is 4.53. The van der Waals surface area contributed by atoms with Gasteiger partial charge in [-0.1, -0.05) is 0 Å². The third kappa shape index (κ3) is 7.33. The van der Waals surface area contributed by atoms with Gasteiger partial charge in [0.2, 0.25) is 10.0 Å². The van der Waals surface area contributed by atoms with E-state index >= 15 is 0 Å². The second-order valence-corrected chi connectivity index (χ2v) is 11.7. The number of carbonyl (C=O) groups is 1. The fourth-order valence-corrected chi connectivity index (χ4v) is 4.35. The summed E-state index contributed by atoms with van der Waals surface area (Å²) >= 11 is 0. The predicted molar refractivity (Wildman–Crippen MR) is 114 cm³/mol. The summed E-state index contributed by atoms with van der Waals surface area (Å²) in [7, 11) is -1.70. The smallest absolute Gasteiger partial charge is 0.471 e. The number of carboxylic acid groups (broad SMARTS) is 1. The van der Waals surface area contributed by atoms with E-state index in [1.165, 1.54) is 14.1 Å². The van der Waals surface area contributed by atoms with Crippen molar-refractivity contribution >= 4 is 16.0 Å². The summed E-state index contributed by atoms with van der Waals surface area (Å²) in [6.45, 7) is -0.795. The Morgan fingerprint density at radius 3 is 1.50 bits per heavy atom. The summed E-state index contributed by atoms with van der Waals surface area (Å²) in [4.78, 5) is 9.78. The largest absolute Gasteiger partial charge is 0.544 e. The highest BCUT2D eigenvalue weighted by molar-refractivity contribution is 7.89. The van der Waals surface area contributed by atoms with Crippen LogP contribution in [0.2, 0.25) is 0 Å². The lowest BCUT2D eigenvalue weighted by molar-refractivity contribution is -0.884. The number of ether oxygens (including phenoxy) is 1. The first-order chi connectivity index (χ1) is 20.1. The Labute approximate surface area is 246 Å². The Balaban J connectivity index is 3.26. The van der Waals surface area contributed by atoms with Crippen LogP contribution < -0.4 is 14.6 Å². The van der Waals surface area contributed by atoms with Crippen molar-refractivity contribution in [2.24, 2.45) is 0 Å². The molecule has 0 bridgehead atoms. The van der Waals surface area contributed by atoms with Crippen molar-refractivity contribution in [1.29, 1.82) is 0 Å². The fourth-order valence-electron chi connectivity index (χ4n) is 3.27. The van der Waals surface area contributed by atoms with Gasteiger partial charge in [-0.3, -0.25) is 0 Å². The molecule has 1 aromatic rings. The van der Waals surface area contributed by atoms with E-state index in [4.69, 9.17) is 0 Å². The van der Waals surface area contributed by atoms with Crippen LogP contribution in [-0.4, -0.2) is 100 Å². The van der Waals surface area contributed by atoms with Gasteiger partial charge in [-0.25, -0.2) is 13.1 Å². The van der Waals surface area contributed by atoms with Crippen LogP contribution in [0.15, 0.2) is 29.2 Å². The third-order valence-electron chi connectivity index (χ3n) is 5.86. The molecule has 0 unspecified atom stereocenters. The van der Waals surface area contributed by atoms with Crippen LogP contribution in [-0.2, 0) is 14.8 Å². The molecule has 0 aromatic heterocycles. The van der Waals surface area contributed by atoms with Crippen LogP contribution in [0.1, 0.15) is 6.42 Å². The van der Waals surface area contributed by atoms with Gasteiger partial charge in [-0.05, 0) is 24.3 Å². The maximum absolute atomic E-state index is 14.0. The van der Waals surface area contributed by atoms with Crippen LogP contribution in [0.25, 0.3) is 0 Å². The summed E-state index contributed by atoms with van der Waals surface area (Å²) in [5, 5.41) is 10.7. The molecule has 0 fully saturated rings. The molecule has 0 amide bonds. The van der Waals surface area contributed by atoms with Crippen LogP contribution in [0, 0.1) is 0 Å².